The normalized spacial score (nSPS) is 18.5. The largest absolute Gasteiger partial charge is 0.379 e. The summed E-state index contributed by atoms with van der Waals surface area (Å²) in [6.07, 6.45) is 0. The average Bonchev–Trinajstić information content (AvgIpc) is 2.39. The van der Waals surface area contributed by atoms with Crippen molar-refractivity contribution < 1.29 is 9.13 Å². The molecule has 1 aliphatic rings. The Morgan fingerprint density at radius 3 is 2.84 bits per heavy atom. The van der Waals surface area contributed by atoms with Gasteiger partial charge >= 0.3 is 0 Å². The smallest absolute Gasteiger partial charge is 0.128 e. The van der Waals surface area contributed by atoms with Crippen LogP contribution in [-0.4, -0.2) is 43.8 Å². The van der Waals surface area contributed by atoms with E-state index in [4.69, 9.17) is 4.74 Å². The van der Waals surface area contributed by atoms with Crippen LogP contribution >= 0.6 is 15.9 Å². The maximum absolute atomic E-state index is 13.7. The molecule has 1 saturated heterocycles. The number of rotatable bonds is 5. The van der Waals surface area contributed by atoms with Gasteiger partial charge in [-0.3, -0.25) is 4.90 Å². The van der Waals surface area contributed by atoms with Gasteiger partial charge in [-0.25, -0.2) is 4.39 Å². The number of morpholine rings is 1. The second kappa shape index (κ2) is 7.33. The van der Waals surface area contributed by atoms with Gasteiger partial charge in [0.2, 0.25) is 0 Å². The van der Waals surface area contributed by atoms with Gasteiger partial charge in [-0.1, -0.05) is 22.0 Å². The van der Waals surface area contributed by atoms with Crippen molar-refractivity contribution in [3.63, 3.8) is 0 Å². The van der Waals surface area contributed by atoms with Crippen molar-refractivity contribution in [2.24, 2.45) is 0 Å². The van der Waals surface area contributed by atoms with Gasteiger partial charge in [0, 0.05) is 42.3 Å². The third kappa shape index (κ3) is 4.53. The second-order valence-electron chi connectivity index (χ2n) is 4.90. The average molecular weight is 331 g/mol. The monoisotopic (exact) mass is 330 g/mol. The molecule has 106 valence electrons. The minimum atomic E-state index is -0.166. The molecule has 1 heterocycles. The molecule has 0 radical (unpaired) electrons. The molecule has 0 amide bonds. The Balaban J connectivity index is 1.81. The molecular formula is C14H20BrFN2O. The summed E-state index contributed by atoms with van der Waals surface area (Å²) >= 11 is 3.39. The van der Waals surface area contributed by atoms with E-state index in [1.165, 1.54) is 6.07 Å². The number of ether oxygens (including phenoxy) is 1. The minimum Gasteiger partial charge on any atom is -0.379 e. The molecule has 0 spiro atoms. The van der Waals surface area contributed by atoms with Gasteiger partial charge in [0.15, 0.2) is 0 Å². The van der Waals surface area contributed by atoms with Crippen LogP contribution in [0.4, 0.5) is 4.39 Å². The van der Waals surface area contributed by atoms with Crippen molar-refractivity contribution in [3.8, 4) is 0 Å². The Morgan fingerprint density at radius 1 is 1.42 bits per heavy atom. The van der Waals surface area contributed by atoms with Gasteiger partial charge in [-0.15, -0.1) is 0 Å². The maximum Gasteiger partial charge on any atom is 0.128 e. The zero-order valence-corrected chi connectivity index (χ0v) is 12.7. The zero-order valence-electron chi connectivity index (χ0n) is 11.2. The SMILES string of the molecule is CC(CN1CCOCC1)NCc1c(F)cccc1Br. The zero-order chi connectivity index (χ0) is 13.7. The number of nitrogens with zero attached hydrogens (tertiary/aromatic N) is 1. The standard InChI is InChI=1S/C14H20BrFN2O/c1-11(10-18-5-7-19-8-6-18)17-9-12-13(15)3-2-4-14(12)16/h2-4,11,17H,5-10H2,1H3. The lowest BCUT2D eigenvalue weighted by Crippen LogP contribution is -2.44. The summed E-state index contributed by atoms with van der Waals surface area (Å²) < 4.78 is 19.8. The summed E-state index contributed by atoms with van der Waals surface area (Å²) in [4.78, 5) is 2.37. The predicted octanol–water partition coefficient (Wildman–Crippen LogP) is 2.40. The Bertz CT molecular complexity index is 390. The lowest BCUT2D eigenvalue weighted by Gasteiger charge is -2.29. The van der Waals surface area contributed by atoms with E-state index in [1.54, 1.807) is 6.07 Å². The van der Waals surface area contributed by atoms with Gasteiger partial charge in [0.05, 0.1) is 13.2 Å². The maximum atomic E-state index is 13.7. The van der Waals surface area contributed by atoms with E-state index in [0.29, 0.717) is 18.2 Å². The number of hydrogen-bond acceptors (Lipinski definition) is 3. The molecule has 1 fully saturated rings. The minimum absolute atomic E-state index is 0.166. The first-order valence-corrected chi connectivity index (χ1v) is 7.42. The third-order valence-electron chi connectivity index (χ3n) is 3.32. The summed E-state index contributed by atoms with van der Waals surface area (Å²) in [6, 6.07) is 5.39. The van der Waals surface area contributed by atoms with Crippen LogP contribution in [0.2, 0.25) is 0 Å². The Morgan fingerprint density at radius 2 is 2.16 bits per heavy atom. The highest BCUT2D eigenvalue weighted by Crippen LogP contribution is 2.19. The number of hydrogen-bond donors (Lipinski definition) is 1. The first-order valence-electron chi connectivity index (χ1n) is 6.63. The number of nitrogens with one attached hydrogen (secondary N) is 1. The van der Waals surface area contributed by atoms with E-state index in [1.807, 2.05) is 6.07 Å². The fourth-order valence-corrected chi connectivity index (χ4v) is 2.70. The van der Waals surface area contributed by atoms with Gasteiger partial charge in [0.25, 0.3) is 0 Å². The number of halogens is 2. The molecule has 1 atom stereocenters. The fraction of sp³-hybridized carbons (Fsp3) is 0.571. The van der Waals surface area contributed by atoms with Crippen LogP contribution in [0.3, 0.4) is 0 Å². The molecule has 5 heteroatoms. The highest BCUT2D eigenvalue weighted by atomic mass is 79.9. The highest BCUT2D eigenvalue weighted by Gasteiger charge is 2.14. The molecule has 0 aliphatic carbocycles. The van der Waals surface area contributed by atoms with Gasteiger partial charge < -0.3 is 10.1 Å². The van der Waals surface area contributed by atoms with Crippen LogP contribution in [0.5, 0.6) is 0 Å². The van der Waals surface area contributed by atoms with Gasteiger partial charge in [-0.05, 0) is 19.1 Å². The van der Waals surface area contributed by atoms with E-state index in [9.17, 15) is 4.39 Å². The quantitative estimate of drug-likeness (QED) is 0.897. The van der Waals surface area contributed by atoms with E-state index < -0.39 is 0 Å². The van der Waals surface area contributed by atoms with Crippen molar-refractivity contribution in [2.75, 3.05) is 32.8 Å². The van der Waals surface area contributed by atoms with E-state index in [2.05, 4.69) is 33.1 Å². The fourth-order valence-electron chi connectivity index (χ4n) is 2.21. The van der Waals surface area contributed by atoms with Crippen LogP contribution < -0.4 is 5.32 Å². The number of benzene rings is 1. The summed E-state index contributed by atoms with van der Waals surface area (Å²) in [6.45, 7) is 7.22. The highest BCUT2D eigenvalue weighted by molar-refractivity contribution is 9.10. The first kappa shape index (κ1) is 14.9. The molecule has 19 heavy (non-hydrogen) atoms. The van der Waals surface area contributed by atoms with Crippen LogP contribution in [-0.2, 0) is 11.3 Å². The molecule has 1 unspecified atom stereocenters. The lowest BCUT2D eigenvalue weighted by molar-refractivity contribution is 0.0343. The Hall–Kier alpha value is -0.490. The molecule has 0 aromatic heterocycles. The van der Waals surface area contributed by atoms with Gasteiger partial charge in [-0.2, -0.15) is 0 Å². The molecule has 1 aromatic carbocycles. The molecule has 1 aliphatic heterocycles. The first-order chi connectivity index (χ1) is 9.16. The summed E-state index contributed by atoms with van der Waals surface area (Å²) in [7, 11) is 0. The molecule has 1 N–H and O–H groups in total. The van der Waals surface area contributed by atoms with Crippen LogP contribution in [0.25, 0.3) is 0 Å². The predicted molar refractivity (Wildman–Crippen MR) is 77.7 cm³/mol. The van der Waals surface area contributed by atoms with Crippen LogP contribution in [0.15, 0.2) is 22.7 Å². The van der Waals surface area contributed by atoms with Gasteiger partial charge in [0.1, 0.15) is 5.82 Å². The Labute approximate surface area is 122 Å². The van der Waals surface area contributed by atoms with Crippen molar-refractivity contribution in [2.45, 2.75) is 19.5 Å². The van der Waals surface area contributed by atoms with E-state index in [-0.39, 0.29) is 5.82 Å². The van der Waals surface area contributed by atoms with Crippen molar-refractivity contribution in [1.82, 2.24) is 10.2 Å². The molecule has 0 bridgehead atoms. The van der Waals surface area contributed by atoms with Crippen molar-refractivity contribution in [3.05, 3.63) is 34.1 Å². The Kier molecular flexibility index (Phi) is 5.76. The summed E-state index contributed by atoms with van der Waals surface area (Å²) in [5.74, 6) is -0.166. The van der Waals surface area contributed by atoms with Crippen molar-refractivity contribution in [1.29, 1.82) is 0 Å². The third-order valence-corrected chi connectivity index (χ3v) is 4.07. The lowest BCUT2D eigenvalue weighted by atomic mass is 10.2. The molecule has 3 nitrogen and oxygen atoms in total. The summed E-state index contributed by atoms with van der Waals surface area (Å²) in [5, 5.41) is 3.38. The van der Waals surface area contributed by atoms with Crippen molar-refractivity contribution >= 4 is 15.9 Å². The van der Waals surface area contributed by atoms with Crippen LogP contribution in [0.1, 0.15) is 12.5 Å². The van der Waals surface area contributed by atoms with E-state index >= 15 is 0 Å². The van der Waals surface area contributed by atoms with Crippen LogP contribution in [0, 0.1) is 5.82 Å². The second-order valence-corrected chi connectivity index (χ2v) is 5.75. The molecule has 1 aromatic rings. The topological polar surface area (TPSA) is 24.5 Å². The van der Waals surface area contributed by atoms with E-state index in [0.717, 1.165) is 37.3 Å². The summed E-state index contributed by atoms with van der Waals surface area (Å²) in [5.41, 5.74) is 0.691. The molecule has 2 rings (SSSR count). The molecular weight excluding hydrogens is 311 g/mol. The molecule has 0 saturated carbocycles.